The van der Waals surface area contributed by atoms with Crippen LogP contribution in [0.5, 0.6) is 0 Å². The number of nitrogens with one attached hydrogen (secondary N) is 1. The average Bonchev–Trinajstić information content (AvgIpc) is 2.93. The molecule has 1 aromatic heterocycles. The van der Waals surface area contributed by atoms with Gasteiger partial charge in [-0.15, -0.1) is 11.3 Å². The maximum atomic E-state index is 12.2. The summed E-state index contributed by atoms with van der Waals surface area (Å²) in [6.07, 6.45) is 7.28. The lowest BCUT2D eigenvalue weighted by atomic mass is 9.88. The molecule has 0 fully saturated rings. The van der Waals surface area contributed by atoms with Gasteiger partial charge in [-0.05, 0) is 39.0 Å². The van der Waals surface area contributed by atoms with Crippen molar-refractivity contribution in [2.75, 3.05) is 0 Å². The zero-order chi connectivity index (χ0) is 15.5. The molecule has 0 spiro atoms. The highest BCUT2D eigenvalue weighted by atomic mass is 32.2. The van der Waals surface area contributed by atoms with Crippen LogP contribution in [0.25, 0.3) is 0 Å². The van der Waals surface area contributed by atoms with Gasteiger partial charge in [-0.1, -0.05) is 11.6 Å². The Morgan fingerprint density at radius 2 is 2.29 bits per heavy atom. The van der Waals surface area contributed by atoms with E-state index in [0.29, 0.717) is 0 Å². The maximum Gasteiger partial charge on any atom is 0.324 e. The van der Waals surface area contributed by atoms with Crippen molar-refractivity contribution in [3.05, 3.63) is 23.4 Å². The summed E-state index contributed by atoms with van der Waals surface area (Å²) in [5.74, 6) is -1.18. The van der Waals surface area contributed by atoms with Crippen molar-refractivity contribution in [3.63, 3.8) is 0 Å². The molecule has 0 saturated carbocycles. The summed E-state index contributed by atoms with van der Waals surface area (Å²) in [5, 5.41) is 9.46. The monoisotopic (exact) mass is 330 g/mol. The van der Waals surface area contributed by atoms with E-state index in [-0.39, 0.29) is 10.6 Å². The Bertz CT molecular complexity index is 637. The summed E-state index contributed by atoms with van der Waals surface area (Å²) >= 11 is 0.959. The molecule has 1 atom stereocenters. The first-order valence-corrected chi connectivity index (χ1v) is 9.03. The molecule has 21 heavy (non-hydrogen) atoms. The lowest BCUT2D eigenvalue weighted by molar-refractivity contribution is -0.143. The Balaban J connectivity index is 2.22. The molecule has 0 amide bonds. The number of sulfonamides is 1. The van der Waals surface area contributed by atoms with Crippen molar-refractivity contribution >= 4 is 27.3 Å². The van der Waals surface area contributed by atoms with Gasteiger partial charge in [0.2, 0.25) is 0 Å². The molecule has 116 valence electrons. The van der Waals surface area contributed by atoms with Gasteiger partial charge in [-0.25, -0.2) is 8.42 Å². The number of hydrogen-bond donors (Lipinski definition) is 2. The zero-order valence-electron chi connectivity index (χ0n) is 11.7. The number of carbonyl (C=O) groups is 1. The van der Waals surface area contributed by atoms with Gasteiger partial charge in [0, 0.05) is 0 Å². The van der Waals surface area contributed by atoms with Crippen molar-refractivity contribution in [3.8, 4) is 0 Å². The third-order valence-corrected chi connectivity index (χ3v) is 6.34. The topological polar surface area (TPSA) is 96.4 Å². The third-order valence-electron chi connectivity index (χ3n) is 3.47. The molecule has 2 rings (SSSR count). The highest BCUT2D eigenvalue weighted by Gasteiger charge is 2.39. The minimum Gasteiger partial charge on any atom is -0.480 e. The van der Waals surface area contributed by atoms with Gasteiger partial charge in [-0.3, -0.25) is 9.78 Å². The van der Waals surface area contributed by atoms with Gasteiger partial charge in [-0.2, -0.15) is 4.72 Å². The van der Waals surface area contributed by atoms with Crippen LogP contribution in [-0.2, 0) is 14.8 Å². The van der Waals surface area contributed by atoms with Crippen LogP contribution in [-0.4, -0.2) is 30.0 Å². The van der Waals surface area contributed by atoms with Crippen molar-refractivity contribution in [1.29, 1.82) is 0 Å². The number of allylic oxidation sites excluding steroid dienone is 1. The fourth-order valence-electron chi connectivity index (χ4n) is 2.36. The molecule has 6 nitrogen and oxygen atoms in total. The number of carboxylic acid groups (broad SMARTS) is 1. The van der Waals surface area contributed by atoms with Crippen LogP contribution in [0, 0.1) is 0 Å². The average molecular weight is 330 g/mol. The van der Waals surface area contributed by atoms with Gasteiger partial charge in [0.05, 0.1) is 11.7 Å². The van der Waals surface area contributed by atoms with Gasteiger partial charge in [0.25, 0.3) is 10.0 Å². The van der Waals surface area contributed by atoms with Crippen LogP contribution in [0.1, 0.15) is 39.0 Å². The predicted octanol–water partition coefficient (Wildman–Crippen LogP) is 2.16. The summed E-state index contributed by atoms with van der Waals surface area (Å²) in [5.41, 5.74) is 0.848. The Hall–Kier alpha value is -1.25. The maximum absolute atomic E-state index is 12.2. The molecular formula is C13H18N2O4S2. The summed E-state index contributed by atoms with van der Waals surface area (Å²) < 4.78 is 26.8. The van der Waals surface area contributed by atoms with E-state index in [1.165, 1.54) is 18.6 Å². The van der Waals surface area contributed by atoms with E-state index >= 15 is 0 Å². The van der Waals surface area contributed by atoms with E-state index in [2.05, 4.69) is 9.71 Å². The standard InChI is InChI=1S/C13H18N2O4S2/c1-13(12(16)17,7-10-5-3-2-4-6-10)15-21(18,19)11-8-14-9-20-11/h5,8-9,15H,2-4,6-7H2,1H3,(H,16,17). The number of nitrogens with zero attached hydrogens (tertiary/aromatic N) is 1. The van der Waals surface area contributed by atoms with Crippen molar-refractivity contribution in [1.82, 2.24) is 9.71 Å². The first-order chi connectivity index (χ1) is 9.83. The quantitative estimate of drug-likeness (QED) is 0.779. The molecule has 1 aliphatic carbocycles. The van der Waals surface area contributed by atoms with Crippen molar-refractivity contribution in [2.45, 2.75) is 48.8 Å². The van der Waals surface area contributed by atoms with E-state index in [9.17, 15) is 18.3 Å². The van der Waals surface area contributed by atoms with Crippen molar-refractivity contribution < 1.29 is 18.3 Å². The van der Waals surface area contributed by atoms with Crippen LogP contribution < -0.4 is 4.72 Å². The molecule has 0 bridgehead atoms. The molecule has 1 unspecified atom stereocenters. The van der Waals surface area contributed by atoms with E-state index in [4.69, 9.17) is 0 Å². The van der Waals surface area contributed by atoms with E-state index in [0.717, 1.165) is 42.6 Å². The zero-order valence-corrected chi connectivity index (χ0v) is 13.3. The highest BCUT2D eigenvalue weighted by Crippen LogP contribution is 2.27. The predicted molar refractivity (Wildman–Crippen MR) is 79.6 cm³/mol. The third kappa shape index (κ3) is 3.90. The van der Waals surface area contributed by atoms with E-state index < -0.39 is 21.5 Å². The Morgan fingerprint density at radius 1 is 1.52 bits per heavy atom. The van der Waals surface area contributed by atoms with Gasteiger partial charge in [0.15, 0.2) is 4.21 Å². The number of carboxylic acids is 1. The molecule has 0 radical (unpaired) electrons. The number of hydrogen-bond acceptors (Lipinski definition) is 5. The van der Waals surface area contributed by atoms with Crippen molar-refractivity contribution in [2.24, 2.45) is 0 Å². The summed E-state index contributed by atoms with van der Waals surface area (Å²) in [7, 11) is -3.87. The number of thiazole rings is 1. The normalized spacial score (nSPS) is 18.8. The second-order valence-corrected chi connectivity index (χ2v) is 8.14. The molecule has 2 N–H and O–H groups in total. The van der Waals surface area contributed by atoms with E-state index in [1.54, 1.807) is 0 Å². The van der Waals surface area contributed by atoms with Crippen LogP contribution in [0.2, 0.25) is 0 Å². The molecule has 8 heteroatoms. The summed E-state index contributed by atoms with van der Waals surface area (Å²) in [4.78, 5) is 15.3. The number of rotatable bonds is 6. The Morgan fingerprint density at radius 3 is 2.81 bits per heavy atom. The molecular weight excluding hydrogens is 312 g/mol. The lowest BCUT2D eigenvalue weighted by Gasteiger charge is -2.28. The lowest BCUT2D eigenvalue weighted by Crippen LogP contribution is -2.52. The van der Waals surface area contributed by atoms with Crippen LogP contribution >= 0.6 is 11.3 Å². The fraction of sp³-hybridized carbons (Fsp3) is 0.538. The number of aliphatic carboxylic acids is 1. The summed E-state index contributed by atoms with van der Waals surface area (Å²) in [6, 6.07) is 0. The smallest absolute Gasteiger partial charge is 0.324 e. The molecule has 1 aliphatic rings. The van der Waals surface area contributed by atoms with E-state index in [1.807, 2.05) is 6.08 Å². The first kappa shape index (κ1) is 16.1. The molecule has 1 heterocycles. The molecule has 0 aliphatic heterocycles. The Labute approximate surface area is 128 Å². The highest BCUT2D eigenvalue weighted by molar-refractivity contribution is 7.91. The SMILES string of the molecule is CC(CC1=CCCCC1)(NS(=O)(=O)c1cncs1)C(=O)O. The second-order valence-electron chi connectivity index (χ2n) is 5.35. The number of aromatic nitrogens is 1. The first-order valence-electron chi connectivity index (χ1n) is 6.67. The largest absolute Gasteiger partial charge is 0.480 e. The molecule has 1 aromatic rings. The minimum absolute atomic E-state index is 0.0209. The molecule has 0 saturated heterocycles. The van der Waals surface area contributed by atoms with Gasteiger partial charge >= 0.3 is 5.97 Å². The summed E-state index contributed by atoms with van der Waals surface area (Å²) in [6.45, 7) is 1.41. The minimum atomic E-state index is -3.87. The van der Waals surface area contributed by atoms with Crippen LogP contribution in [0.3, 0.4) is 0 Å². The molecule has 0 aromatic carbocycles. The van der Waals surface area contributed by atoms with Gasteiger partial charge in [0.1, 0.15) is 5.54 Å². The van der Waals surface area contributed by atoms with Crippen LogP contribution in [0.15, 0.2) is 27.6 Å². The van der Waals surface area contributed by atoms with Crippen LogP contribution in [0.4, 0.5) is 0 Å². The fourth-order valence-corrected chi connectivity index (χ4v) is 4.52. The second kappa shape index (κ2) is 6.25. The van der Waals surface area contributed by atoms with Gasteiger partial charge < -0.3 is 5.11 Å². The Kier molecular flexibility index (Phi) is 4.80.